The Morgan fingerprint density at radius 3 is 2.17 bits per heavy atom. The van der Waals surface area contributed by atoms with Crippen molar-refractivity contribution in [1.82, 2.24) is 20.0 Å². The van der Waals surface area contributed by atoms with Gasteiger partial charge in [0, 0.05) is 55.8 Å². The van der Waals surface area contributed by atoms with E-state index in [2.05, 4.69) is 10.2 Å². The molecule has 1 saturated carbocycles. The maximum Gasteiger partial charge on any atom is 0.226 e. The molecule has 0 aromatic carbocycles. The van der Waals surface area contributed by atoms with Crippen molar-refractivity contribution >= 4 is 11.8 Å². The standard InChI is InChI=1S/C18H26N4O2/c23-17(21-9-3-4-10-21)14-5-1-2-6-15(14)18(24)22-11-13(12-22)16-7-8-19-20-16/h7-8,13-15H,1-6,9-12H2,(H,19,20). The van der Waals surface area contributed by atoms with E-state index >= 15 is 0 Å². The Labute approximate surface area is 142 Å². The highest BCUT2D eigenvalue weighted by Gasteiger charge is 2.43. The van der Waals surface area contributed by atoms with Crippen molar-refractivity contribution in [2.24, 2.45) is 11.8 Å². The zero-order valence-electron chi connectivity index (χ0n) is 14.1. The number of amides is 2. The summed E-state index contributed by atoms with van der Waals surface area (Å²) in [6.07, 6.45) is 7.86. The molecule has 130 valence electrons. The number of likely N-dealkylation sites (tertiary alicyclic amines) is 2. The zero-order chi connectivity index (χ0) is 16.5. The fraction of sp³-hybridized carbons (Fsp3) is 0.722. The van der Waals surface area contributed by atoms with Crippen LogP contribution < -0.4 is 0 Å². The van der Waals surface area contributed by atoms with Crippen molar-refractivity contribution in [3.63, 3.8) is 0 Å². The second-order valence-electron chi connectivity index (χ2n) is 7.48. The van der Waals surface area contributed by atoms with Crippen molar-refractivity contribution in [3.8, 4) is 0 Å². The van der Waals surface area contributed by atoms with Crippen LogP contribution in [0.2, 0.25) is 0 Å². The van der Waals surface area contributed by atoms with E-state index in [1.807, 2.05) is 15.9 Å². The van der Waals surface area contributed by atoms with Crippen LogP contribution in [0, 0.1) is 11.8 Å². The summed E-state index contributed by atoms with van der Waals surface area (Å²) in [5, 5.41) is 6.98. The second-order valence-corrected chi connectivity index (χ2v) is 7.48. The van der Waals surface area contributed by atoms with Gasteiger partial charge in [-0.05, 0) is 31.7 Å². The average molecular weight is 330 g/mol. The van der Waals surface area contributed by atoms with Crippen LogP contribution in [-0.4, -0.2) is 58.0 Å². The summed E-state index contributed by atoms with van der Waals surface area (Å²) in [5.74, 6) is 0.608. The molecule has 0 bridgehead atoms. The number of rotatable bonds is 3. The lowest BCUT2D eigenvalue weighted by Gasteiger charge is -2.43. The summed E-state index contributed by atoms with van der Waals surface area (Å²) in [6, 6.07) is 1.98. The van der Waals surface area contributed by atoms with Gasteiger partial charge in [0.25, 0.3) is 0 Å². The molecule has 1 N–H and O–H groups in total. The molecule has 2 saturated heterocycles. The summed E-state index contributed by atoms with van der Waals surface area (Å²) >= 11 is 0. The SMILES string of the molecule is O=C(C1CCCCC1C(=O)N1CC(c2ccn[nH]2)C1)N1CCCC1. The lowest BCUT2D eigenvalue weighted by Crippen LogP contribution is -2.53. The van der Waals surface area contributed by atoms with Crippen LogP contribution in [0.1, 0.15) is 50.1 Å². The van der Waals surface area contributed by atoms with E-state index in [4.69, 9.17) is 0 Å². The van der Waals surface area contributed by atoms with Crippen LogP contribution in [0.5, 0.6) is 0 Å². The van der Waals surface area contributed by atoms with Crippen LogP contribution in [0.4, 0.5) is 0 Å². The lowest BCUT2D eigenvalue weighted by atomic mass is 9.76. The smallest absolute Gasteiger partial charge is 0.226 e. The molecule has 1 aromatic rings. The second kappa shape index (κ2) is 6.57. The van der Waals surface area contributed by atoms with Gasteiger partial charge in [0.05, 0.1) is 0 Å². The Hall–Kier alpha value is -1.85. The van der Waals surface area contributed by atoms with E-state index in [0.717, 1.165) is 70.4 Å². The summed E-state index contributed by atoms with van der Waals surface area (Å²) in [6.45, 7) is 3.26. The first-order valence-corrected chi connectivity index (χ1v) is 9.31. The molecule has 6 heteroatoms. The molecule has 2 aliphatic heterocycles. The van der Waals surface area contributed by atoms with Gasteiger partial charge in [0.2, 0.25) is 11.8 Å². The van der Waals surface area contributed by atoms with Gasteiger partial charge in [-0.1, -0.05) is 12.8 Å². The van der Waals surface area contributed by atoms with Crippen LogP contribution in [0.25, 0.3) is 0 Å². The number of carbonyl (C=O) groups is 2. The Kier molecular flexibility index (Phi) is 4.29. The van der Waals surface area contributed by atoms with Crippen molar-refractivity contribution in [1.29, 1.82) is 0 Å². The highest BCUT2D eigenvalue weighted by molar-refractivity contribution is 5.88. The number of hydrogen-bond donors (Lipinski definition) is 1. The van der Waals surface area contributed by atoms with E-state index in [0.29, 0.717) is 5.92 Å². The van der Waals surface area contributed by atoms with Gasteiger partial charge in [-0.2, -0.15) is 5.10 Å². The minimum absolute atomic E-state index is 0.0874. The molecule has 0 spiro atoms. The molecule has 3 aliphatic rings. The van der Waals surface area contributed by atoms with Crippen LogP contribution in [-0.2, 0) is 9.59 Å². The van der Waals surface area contributed by atoms with Gasteiger partial charge in [0.1, 0.15) is 0 Å². The molecule has 24 heavy (non-hydrogen) atoms. The maximum atomic E-state index is 13.0. The monoisotopic (exact) mass is 330 g/mol. The summed E-state index contributed by atoms with van der Waals surface area (Å²) in [7, 11) is 0. The van der Waals surface area contributed by atoms with E-state index in [1.54, 1.807) is 6.20 Å². The number of H-pyrrole nitrogens is 1. The van der Waals surface area contributed by atoms with Crippen molar-refractivity contribution in [3.05, 3.63) is 18.0 Å². The molecule has 4 rings (SSSR count). The van der Waals surface area contributed by atoms with E-state index < -0.39 is 0 Å². The number of aromatic amines is 1. The van der Waals surface area contributed by atoms with Gasteiger partial charge in [-0.15, -0.1) is 0 Å². The largest absolute Gasteiger partial charge is 0.342 e. The van der Waals surface area contributed by atoms with Crippen LogP contribution in [0.15, 0.2) is 12.3 Å². The molecule has 2 unspecified atom stereocenters. The minimum Gasteiger partial charge on any atom is -0.342 e. The maximum absolute atomic E-state index is 13.0. The quantitative estimate of drug-likeness (QED) is 0.918. The van der Waals surface area contributed by atoms with E-state index in [-0.39, 0.29) is 23.7 Å². The van der Waals surface area contributed by atoms with Gasteiger partial charge in [-0.3, -0.25) is 14.7 Å². The molecular formula is C18H26N4O2. The van der Waals surface area contributed by atoms with E-state index in [1.165, 1.54) is 0 Å². The van der Waals surface area contributed by atoms with Crippen molar-refractivity contribution in [2.75, 3.05) is 26.2 Å². The van der Waals surface area contributed by atoms with E-state index in [9.17, 15) is 9.59 Å². The topological polar surface area (TPSA) is 69.3 Å². The fourth-order valence-electron chi connectivity index (χ4n) is 4.48. The molecule has 2 amide bonds. The average Bonchev–Trinajstić information content (AvgIpc) is 3.26. The first-order valence-electron chi connectivity index (χ1n) is 9.31. The molecule has 0 radical (unpaired) electrons. The number of carbonyl (C=O) groups excluding carboxylic acids is 2. The fourth-order valence-corrected chi connectivity index (χ4v) is 4.48. The predicted molar refractivity (Wildman–Crippen MR) is 89.2 cm³/mol. The third-order valence-corrected chi connectivity index (χ3v) is 5.97. The first-order chi connectivity index (χ1) is 11.7. The van der Waals surface area contributed by atoms with Gasteiger partial charge < -0.3 is 9.80 Å². The van der Waals surface area contributed by atoms with Gasteiger partial charge in [-0.25, -0.2) is 0 Å². The number of aromatic nitrogens is 2. The highest BCUT2D eigenvalue weighted by atomic mass is 16.2. The molecule has 3 fully saturated rings. The first kappa shape index (κ1) is 15.7. The molecule has 6 nitrogen and oxygen atoms in total. The summed E-state index contributed by atoms with van der Waals surface area (Å²) in [5.41, 5.74) is 1.10. The molecule has 1 aliphatic carbocycles. The number of nitrogens with one attached hydrogen (secondary N) is 1. The molecule has 1 aromatic heterocycles. The Morgan fingerprint density at radius 1 is 0.958 bits per heavy atom. The molecule has 2 atom stereocenters. The number of nitrogens with zero attached hydrogens (tertiary/aromatic N) is 3. The minimum atomic E-state index is -0.102. The summed E-state index contributed by atoms with van der Waals surface area (Å²) in [4.78, 5) is 29.7. The number of hydrogen-bond acceptors (Lipinski definition) is 3. The molecular weight excluding hydrogens is 304 g/mol. The lowest BCUT2D eigenvalue weighted by molar-refractivity contribution is -0.150. The van der Waals surface area contributed by atoms with Crippen molar-refractivity contribution < 1.29 is 9.59 Å². The molecule has 3 heterocycles. The van der Waals surface area contributed by atoms with Gasteiger partial charge in [0.15, 0.2) is 0 Å². The Balaban J connectivity index is 1.39. The normalized spacial score (nSPS) is 28.0. The predicted octanol–water partition coefficient (Wildman–Crippen LogP) is 1.76. The summed E-state index contributed by atoms with van der Waals surface area (Å²) < 4.78 is 0. The zero-order valence-corrected chi connectivity index (χ0v) is 14.1. The van der Waals surface area contributed by atoms with Crippen molar-refractivity contribution in [2.45, 2.75) is 44.4 Å². The van der Waals surface area contributed by atoms with Gasteiger partial charge >= 0.3 is 0 Å². The van der Waals surface area contributed by atoms with Crippen LogP contribution in [0.3, 0.4) is 0 Å². The Morgan fingerprint density at radius 2 is 1.58 bits per heavy atom. The third-order valence-electron chi connectivity index (χ3n) is 5.97. The highest BCUT2D eigenvalue weighted by Crippen LogP contribution is 2.36. The Bertz CT molecular complexity index is 588. The van der Waals surface area contributed by atoms with Crippen LogP contribution >= 0.6 is 0 Å². The third kappa shape index (κ3) is 2.82.